The molecule has 0 spiro atoms. The molecular weight excluding hydrogens is 142 g/mol. The van der Waals surface area contributed by atoms with Gasteiger partial charge in [0.05, 0.1) is 6.54 Å². The predicted octanol–water partition coefficient (Wildman–Crippen LogP) is 1.53. The minimum Gasteiger partial charge on any atom is -0.444 e. The van der Waals surface area contributed by atoms with Crippen LogP contribution in [0.1, 0.15) is 26.7 Å². The third-order valence-corrected chi connectivity index (χ3v) is 1.81. The van der Waals surface area contributed by atoms with E-state index in [1.807, 2.05) is 0 Å². The second-order valence-corrected chi connectivity index (χ2v) is 3.38. The Kier molecular flexibility index (Phi) is 2.74. The number of hydrogen-bond donors (Lipinski definition) is 1. The molecule has 3 nitrogen and oxygen atoms in total. The minimum absolute atomic E-state index is 0.116. The Morgan fingerprint density at radius 2 is 2.45 bits per heavy atom. The summed E-state index contributed by atoms with van der Waals surface area (Å²) in [6.45, 7) is 5.03. The van der Waals surface area contributed by atoms with E-state index in [1.165, 1.54) is 0 Å². The van der Waals surface area contributed by atoms with Gasteiger partial charge in [-0.15, -0.1) is 0 Å². The number of carbonyl (C=O) groups is 1. The highest BCUT2D eigenvalue weighted by molar-refractivity contribution is 5.69. The van der Waals surface area contributed by atoms with Crippen molar-refractivity contribution in [2.24, 2.45) is 5.92 Å². The number of cyclic esters (lactones) is 1. The number of rotatable bonds is 3. The molecule has 0 aromatic rings. The number of amides is 1. The van der Waals surface area contributed by atoms with Gasteiger partial charge in [0.2, 0.25) is 0 Å². The van der Waals surface area contributed by atoms with E-state index in [0.29, 0.717) is 12.5 Å². The van der Waals surface area contributed by atoms with E-state index in [4.69, 9.17) is 4.74 Å². The Labute approximate surface area is 67.1 Å². The fourth-order valence-corrected chi connectivity index (χ4v) is 1.11. The van der Waals surface area contributed by atoms with Gasteiger partial charge in [-0.05, 0) is 18.8 Å². The quantitative estimate of drug-likeness (QED) is 0.674. The van der Waals surface area contributed by atoms with Gasteiger partial charge in [0, 0.05) is 0 Å². The lowest BCUT2D eigenvalue weighted by atomic mass is 10.1. The summed E-state index contributed by atoms with van der Waals surface area (Å²) >= 11 is 0. The monoisotopic (exact) mass is 157 g/mol. The molecule has 11 heavy (non-hydrogen) atoms. The van der Waals surface area contributed by atoms with Gasteiger partial charge in [0.1, 0.15) is 6.10 Å². The topological polar surface area (TPSA) is 38.3 Å². The highest BCUT2D eigenvalue weighted by Gasteiger charge is 2.21. The first kappa shape index (κ1) is 8.37. The van der Waals surface area contributed by atoms with Crippen molar-refractivity contribution in [2.45, 2.75) is 32.8 Å². The Morgan fingerprint density at radius 1 is 1.73 bits per heavy atom. The average molecular weight is 157 g/mol. The van der Waals surface area contributed by atoms with Crippen molar-refractivity contribution in [3.05, 3.63) is 0 Å². The van der Waals surface area contributed by atoms with Crippen LogP contribution in [0, 0.1) is 5.92 Å². The minimum atomic E-state index is -0.265. The number of alkyl carbamates (subject to hydrolysis) is 1. The molecule has 1 saturated heterocycles. The van der Waals surface area contributed by atoms with Crippen LogP contribution in [-0.4, -0.2) is 18.7 Å². The molecule has 0 radical (unpaired) electrons. The third kappa shape index (κ3) is 2.78. The molecule has 0 aromatic carbocycles. The van der Waals surface area contributed by atoms with Gasteiger partial charge in [-0.25, -0.2) is 4.79 Å². The zero-order valence-corrected chi connectivity index (χ0v) is 7.09. The van der Waals surface area contributed by atoms with Crippen LogP contribution in [-0.2, 0) is 4.74 Å². The lowest BCUT2D eigenvalue weighted by molar-refractivity contribution is 0.132. The largest absolute Gasteiger partial charge is 0.444 e. The molecule has 1 N–H and O–H groups in total. The molecule has 1 amide bonds. The second-order valence-electron chi connectivity index (χ2n) is 3.38. The van der Waals surface area contributed by atoms with Gasteiger partial charge in [-0.1, -0.05) is 13.8 Å². The van der Waals surface area contributed by atoms with E-state index in [2.05, 4.69) is 19.2 Å². The maximum absolute atomic E-state index is 10.6. The summed E-state index contributed by atoms with van der Waals surface area (Å²) in [5.41, 5.74) is 0. The first-order chi connectivity index (χ1) is 5.18. The maximum Gasteiger partial charge on any atom is 0.407 e. The second kappa shape index (κ2) is 3.60. The summed E-state index contributed by atoms with van der Waals surface area (Å²) in [6.07, 6.45) is 1.96. The van der Waals surface area contributed by atoms with Gasteiger partial charge in [-0.3, -0.25) is 0 Å². The van der Waals surface area contributed by atoms with Crippen LogP contribution in [0.3, 0.4) is 0 Å². The number of ether oxygens (including phenoxy) is 1. The smallest absolute Gasteiger partial charge is 0.407 e. The highest BCUT2D eigenvalue weighted by atomic mass is 16.6. The molecule has 0 aliphatic carbocycles. The van der Waals surface area contributed by atoms with E-state index in [9.17, 15) is 4.79 Å². The summed E-state index contributed by atoms with van der Waals surface area (Å²) in [6, 6.07) is 0. The van der Waals surface area contributed by atoms with Crippen LogP contribution in [0.25, 0.3) is 0 Å². The van der Waals surface area contributed by atoms with E-state index in [1.54, 1.807) is 0 Å². The van der Waals surface area contributed by atoms with Crippen LogP contribution in [0.4, 0.5) is 4.79 Å². The van der Waals surface area contributed by atoms with Gasteiger partial charge in [0.25, 0.3) is 0 Å². The molecule has 64 valence electrons. The number of carbonyl (C=O) groups excluding carboxylic acids is 1. The molecule has 0 saturated carbocycles. The fourth-order valence-electron chi connectivity index (χ4n) is 1.11. The Bertz CT molecular complexity index is 145. The first-order valence-corrected chi connectivity index (χ1v) is 4.13. The van der Waals surface area contributed by atoms with E-state index in [0.717, 1.165) is 12.8 Å². The van der Waals surface area contributed by atoms with Gasteiger partial charge >= 0.3 is 6.09 Å². The van der Waals surface area contributed by atoms with Crippen LogP contribution in [0.15, 0.2) is 0 Å². The summed E-state index contributed by atoms with van der Waals surface area (Å²) in [5.74, 6) is 0.689. The highest BCUT2D eigenvalue weighted by Crippen LogP contribution is 2.11. The van der Waals surface area contributed by atoms with Crippen LogP contribution in [0.2, 0.25) is 0 Å². The third-order valence-electron chi connectivity index (χ3n) is 1.81. The van der Waals surface area contributed by atoms with Crippen molar-refractivity contribution < 1.29 is 9.53 Å². The van der Waals surface area contributed by atoms with Crippen molar-refractivity contribution in [3.63, 3.8) is 0 Å². The molecule has 1 rings (SSSR count). The molecule has 1 fully saturated rings. The number of nitrogens with one attached hydrogen (secondary N) is 1. The van der Waals surface area contributed by atoms with Gasteiger partial charge < -0.3 is 10.1 Å². The first-order valence-electron chi connectivity index (χ1n) is 4.13. The van der Waals surface area contributed by atoms with Crippen molar-refractivity contribution >= 4 is 6.09 Å². The number of hydrogen-bond acceptors (Lipinski definition) is 2. The zero-order valence-electron chi connectivity index (χ0n) is 7.09. The Balaban J connectivity index is 2.13. The SMILES string of the molecule is CC(C)CCC1CNC(=O)O1. The molecule has 1 aliphatic heterocycles. The van der Waals surface area contributed by atoms with Crippen molar-refractivity contribution in [1.82, 2.24) is 5.32 Å². The van der Waals surface area contributed by atoms with Gasteiger partial charge in [-0.2, -0.15) is 0 Å². The maximum atomic E-state index is 10.6. The summed E-state index contributed by atoms with van der Waals surface area (Å²) in [4.78, 5) is 10.6. The fraction of sp³-hybridized carbons (Fsp3) is 0.875. The molecule has 1 unspecified atom stereocenters. The van der Waals surface area contributed by atoms with Crippen molar-refractivity contribution in [2.75, 3.05) is 6.54 Å². The lowest BCUT2D eigenvalue weighted by Crippen LogP contribution is -2.15. The lowest BCUT2D eigenvalue weighted by Gasteiger charge is -2.08. The van der Waals surface area contributed by atoms with Crippen LogP contribution < -0.4 is 5.32 Å². The summed E-state index contributed by atoms with van der Waals surface area (Å²) in [7, 11) is 0. The molecule has 0 bridgehead atoms. The summed E-state index contributed by atoms with van der Waals surface area (Å²) < 4.78 is 4.96. The molecule has 0 aromatic heterocycles. The van der Waals surface area contributed by atoms with Crippen LogP contribution in [0.5, 0.6) is 0 Å². The van der Waals surface area contributed by atoms with Gasteiger partial charge in [0.15, 0.2) is 0 Å². The van der Waals surface area contributed by atoms with E-state index < -0.39 is 0 Å². The molecule has 1 atom stereocenters. The molecule has 3 heteroatoms. The standard InChI is InChI=1S/C8H15NO2/c1-6(2)3-4-7-5-9-8(10)11-7/h6-7H,3-5H2,1-2H3,(H,9,10). The van der Waals surface area contributed by atoms with E-state index >= 15 is 0 Å². The zero-order chi connectivity index (χ0) is 8.27. The predicted molar refractivity (Wildman–Crippen MR) is 42.3 cm³/mol. The Morgan fingerprint density at radius 3 is 2.91 bits per heavy atom. The summed E-state index contributed by atoms with van der Waals surface area (Å²) in [5, 5.41) is 2.63. The molecule has 1 aliphatic rings. The average Bonchev–Trinajstić information content (AvgIpc) is 2.31. The van der Waals surface area contributed by atoms with Crippen molar-refractivity contribution in [1.29, 1.82) is 0 Å². The molecule has 1 heterocycles. The molecular formula is C8H15NO2. The van der Waals surface area contributed by atoms with Crippen LogP contribution >= 0.6 is 0 Å². The van der Waals surface area contributed by atoms with E-state index in [-0.39, 0.29) is 12.2 Å². The normalized spacial score (nSPS) is 23.5. The van der Waals surface area contributed by atoms with Crippen molar-refractivity contribution in [3.8, 4) is 0 Å². The Hall–Kier alpha value is -0.730.